The van der Waals surface area contributed by atoms with E-state index in [0.29, 0.717) is 8.95 Å². The van der Waals surface area contributed by atoms with Gasteiger partial charge in [-0.3, -0.25) is 4.79 Å². The molecule has 0 heterocycles. The summed E-state index contributed by atoms with van der Waals surface area (Å²) in [6.07, 6.45) is 0. The Bertz CT molecular complexity index is 629. The number of sulfonamides is 1. The molecule has 0 spiro atoms. The topological polar surface area (TPSA) is 83.5 Å². The molecule has 5 nitrogen and oxygen atoms in total. The third-order valence-electron chi connectivity index (χ3n) is 2.72. The van der Waals surface area contributed by atoms with Crippen LogP contribution >= 0.6 is 31.9 Å². The molecule has 0 bridgehead atoms. The van der Waals surface area contributed by atoms with Crippen molar-refractivity contribution in [2.45, 2.75) is 31.7 Å². The Balaban J connectivity index is 3.24. The molecule has 2 N–H and O–H groups in total. The van der Waals surface area contributed by atoms with Gasteiger partial charge in [-0.25, -0.2) is 8.42 Å². The first-order chi connectivity index (χ1) is 9.06. The standard InChI is InChI=1S/C12H15Br2NO4S/c1-6(2)11(12(16)17)15-20(18,19)10-5-8(13)7(3)4-9(10)14/h4-6,11,15H,1-3H3,(H,16,17)/t11-/m0/s1. The summed E-state index contributed by atoms with van der Waals surface area (Å²) < 4.78 is 27.9. The second-order valence-corrected chi connectivity index (χ2v) is 8.10. The Morgan fingerprint density at radius 1 is 1.25 bits per heavy atom. The highest BCUT2D eigenvalue weighted by Gasteiger charge is 2.29. The predicted octanol–water partition coefficient (Wildman–Crippen LogP) is 2.91. The number of aryl methyl sites for hydroxylation is 1. The van der Waals surface area contributed by atoms with E-state index in [2.05, 4.69) is 36.6 Å². The van der Waals surface area contributed by atoms with E-state index in [1.807, 2.05) is 6.92 Å². The van der Waals surface area contributed by atoms with Gasteiger partial charge in [0.05, 0.1) is 4.90 Å². The van der Waals surface area contributed by atoms with E-state index in [1.54, 1.807) is 19.9 Å². The van der Waals surface area contributed by atoms with E-state index >= 15 is 0 Å². The molecule has 1 aromatic carbocycles. The smallest absolute Gasteiger partial charge is 0.322 e. The lowest BCUT2D eigenvalue weighted by molar-refractivity contribution is -0.140. The zero-order valence-electron chi connectivity index (χ0n) is 11.1. The number of rotatable bonds is 5. The highest BCUT2D eigenvalue weighted by molar-refractivity contribution is 9.11. The van der Waals surface area contributed by atoms with Gasteiger partial charge in [0.1, 0.15) is 6.04 Å². The Labute approximate surface area is 135 Å². The average molecular weight is 429 g/mol. The minimum absolute atomic E-state index is 0.00174. The maximum atomic E-state index is 12.3. The molecular weight excluding hydrogens is 414 g/mol. The van der Waals surface area contributed by atoms with Crippen LogP contribution in [-0.4, -0.2) is 25.5 Å². The van der Waals surface area contributed by atoms with Crippen LogP contribution < -0.4 is 4.72 Å². The number of aliphatic carboxylic acids is 1. The van der Waals surface area contributed by atoms with Gasteiger partial charge >= 0.3 is 5.97 Å². The number of carboxylic acids is 1. The van der Waals surface area contributed by atoms with Crippen LogP contribution in [0.1, 0.15) is 19.4 Å². The summed E-state index contributed by atoms with van der Waals surface area (Å²) in [6.45, 7) is 5.11. The monoisotopic (exact) mass is 427 g/mol. The Kier molecular flexibility index (Phi) is 5.77. The molecule has 112 valence electrons. The van der Waals surface area contributed by atoms with E-state index in [-0.39, 0.29) is 10.8 Å². The highest BCUT2D eigenvalue weighted by atomic mass is 79.9. The predicted molar refractivity (Wildman–Crippen MR) is 83.2 cm³/mol. The normalized spacial score (nSPS) is 13.5. The van der Waals surface area contributed by atoms with Crippen molar-refractivity contribution in [2.75, 3.05) is 0 Å². The van der Waals surface area contributed by atoms with Crippen LogP contribution in [0.15, 0.2) is 26.0 Å². The van der Waals surface area contributed by atoms with Crippen molar-refractivity contribution in [3.05, 3.63) is 26.6 Å². The van der Waals surface area contributed by atoms with Crippen LogP contribution in [0.4, 0.5) is 0 Å². The largest absolute Gasteiger partial charge is 0.480 e. The van der Waals surface area contributed by atoms with Gasteiger partial charge in [-0.2, -0.15) is 4.72 Å². The molecule has 0 radical (unpaired) electrons. The third kappa shape index (κ3) is 4.03. The van der Waals surface area contributed by atoms with Gasteiger partial charge in [0.15, 0.2) is 0 Å². The molecular formula is C12H15Br2NO4S. The lowest BCUT2D eigenvalue weighted by atomic mass is 10.1. The second kappa shape index (κ2) is 6.55. The number of carbonyl (C=O) groups is 1. The Morgan fingerprint density at radius 3 is 2.25 bits per heavy atom. The zero-order valence-corrected chi connectivity index (χ0v) is 15.1. The van der Waals surface area contributed by atoms with Crippen molar-refractivity contribution in [3.8, 4) is 0 Å². The number of hydrogen-bond acceptors (Lipinski definition) is 3. The Hall–Kier alpha value is -0.440. The number of hydrogen-bond donors (Lipinski definition) is 2. The van der Waals surface area contributed by atoms with Crippen molar-refractivity contribution in [2.24, 2.45) is 5.92 Å². The molecule has 0 fully saturated rings. The van der Waals surface area contributed by atoms with Crippen molar-refractivity contribution in [1.82, 2.24) is 4.72 Å². The van der Waals surface area contributed by atoms with Gasteiger partial charge in [-0.15, -0.1) is 0 Å². The summed E-state index contributed by atoms with van der Waals surface area (Å²) in [7, 11) is -3.93. The van der Waals surface area contributed by atoms with Crippen LogP contribution in [0, 0.1) is 12.8 Å². The molecule has 1 aromatic rings. The molecule has 0 aromatic heterocycles. The first-order valence-corrected chi connectivity index (χ1v) is 8.84. The lowest BCUT2D eigenvalue weighted by Gasteiger charge is -2.18. The van der Waals surface area contributed by atoms with Crippen molar-refractivity contribution < 1.29 is 18.3 Å². The van der Waals surface area contributed by atoms with Crippen LogP contribution in [0.25, 0.3) is 0 Å². The van der Waals surface area contributed by atoms with Gasteiger partial charge in [-0.1, -0.05) is 29.8 Å². The first-order valence-electron chi connectivity index (χ1n) is 5.77. The summed E-state index contributed by atoms with van der Waals surface area (Å²) in [6, 6.07) is 1.93. The molecule has 0 saturated heterocycles. The van der Waals surface area contributed by atoms with Gasteiger partial charge in [0.2, 0.25) is 10.0 Å². The lowest BCUT2D eigenvalue weighted by Crippen LogP contribution is -2.44. The molecule has 1 rings (SSSR count). The first kappa shape index (κ1) is 17.6. The van der Waals surface area contributed by atoms with Crippen LogP contribution in [0.2, 0.25) is 0 Å². The second-order valence-electron chi connectivity index (χ2n) is 4.71. The summed E-state index contributed by atoms with van der Waals surface area (Å²) in [4.78, 5) is 11.1. The number of nitrogens with one attached hydrogen (secondary N) is 1. The fourth-order valence-corrected chi connectivity index (χ4v) is 4.55. The van der Waals surface area contributed by atoms with Gasteiger partial charge in [-0.05, 0) is 46.5 Å². The summed E-state index contributed by atoms with van der Waals surface area (Å²) >= 11 is 6.46. The maximum Gasteiger partial charge on any atom is 0.322 e. The molecule has 0 saturated carbocycles. The molecule has 1 atom stereocenters. The fraction of sp³-hybridized carbons (Fsp3) is 0.417. The molecule has 8 heteroatoms. The molecule has 0 aliphatic rings. The minimum atomic E-state index is -3.93. The molecule has 0 amide bonds. The van der Waals surface area contributed by atoms with Crippen molar-refractivity contribution in [1.29, 1.82) is 0 Å². The molecule has 20 heavy (non-hydrogen) atoms. The van der Waals surface area contributed by atoms with E-state index in [9.17, 15) is 13.2 Å². The van der Waals surface area contributed by atoms with Crippen LogP contribution in [0.5, 0.6) is 0 Å². The third-order valence-corrected chi connectivity index (χ3v) is 5.97. The SMILES string of the molecule is Cc1cc(Br)c(S(=O)(=O)N[C@H](C(=O)O)C(C)C)cc1Br. The molecule has 0 unspecified atom stereocenters. The van der Waals surface area contributed by atoms with E-state index in [4.69, 9.17) is 5.11 Å². The van der Waals surface area contributed by atoms with Crippen LogP contribution in [0.3, 0.4) is 0 Å². The van der Waals surface area contributed by atoms with E-state index < -0.39 is 22.0 Å². The molecule has 0 aliphatic carbocycles. The quantitative estimate of drug-likeness (QED) is 0.755. The van der Waals surface area contributed by atoms with Gasteiger partial charge in [0, 0.05) is 8.95 Å². The van der Waals surface area contributed by atoms with Crippen molar-refractivity contribution in [3.63, 3.8) is 0 Å². The highest BCUT2D eigenvalue weighted by Crippen LogP contribution is 2.29. The maximum absolute atomic E-state index is 12.3. The Morgan fingerprint density at radius 2 is 1.80 bits per heavy atom. The minimum Gasteiger partial charge on any atom is -0.480 e. The molecule has 0 aliphatic heterocycles. The summed E-state index contributed by atoms with van der Waals surface area (Å²) in [5.41, 5.74) is 0.870. The zero-order chi connectivity index (χ0) is 15.7. The van der Waals surface area contributed by atoms with Gasteiger partial charge in [0.25, 0.3) is 0 Å². The van der Waals surface area contributed by atoms with E-state index in [1.165, 1.54) is 6.07 Å². The number of carboxylic acid groups (broad SMARTS) is 1. The average Bonchev–Trinajstić information content (AvgIpc) is 2.30. The van der Waals surface area contributed by atoms with Gasteiger partial charge < -0.3 is 5.11 Å². The number of benzene rings is 1. The number of halogens is 2. The summed E-state index contributed by atoms with van der Waals surface area (Å²) in [5.74, 6) is -1.57. The van der Waals surface area contributed by atoms with Crippen molar-refractivity contribution >= 4 is 47.9 Å². The fourth-order valence-electron chi connectivity index (χ4n) is 1.54. The van der Waals surface area contributed by atoms with E-state index in [0.717, 1.165) is 5.56 Å². The van der Waals surface area contributed by atoms with Crippen LogP contribution in [-0.2, 0) is 14.8 Å². The summed E-state index contributed by atoms with van der Waals surface area (Å²) in [5, 5.41) is 9.07.